The van der Waals surface area contributed by atoms with E-state index in [1.54, 1.807) is 36.4 Å². The van der Waals surface area contributed by atoms with Crippen LogP contribution in [0, 0.1) is 13.8 Å². The molecule has 174 valence electrons. The summed E-state index contributed by atoms with van der Waals surface area (Å²) in [6.07, 6.45) is -4.54. The third kappa shape index (κ3) is 4.25. The van der Waals surface area contributed by atoms with Gasteiger partial charge in [0, 0.05) is 15.7 Å². The first-order valence-electron chi connectivity index (χ1n) is 10.3. The monoisotopic (exact) mass is 529 g/mol. The maximum atomic E-state index is 13.2. The van der Waals surface area contributed by atoms with E-state index in [1.807, 2.05) is 19.9 Å². The van der Waals surface area contributed by atoms with Crippen molar-refractivity contribution in [3.05, 3.63) is 105 Å². The highest BCUT2D eigenvalue weighted by molar-refractivity contribution is 9.10. The SMILES string of the molecule is Cc1cccc(C2/C(=C(/O)c3ccc(Br)c(C)c3)C(=O)C(=O)N2c2ccc(C(F)(F)F)cc2)c1. The number of halogens is 4. The van der Waals surface area contributed by atoms with E-state index >= 15 is 0 Å². The van der Waals surface area contributed by atoms with Gasteiger partial charge in [0.2, 0.25) is 0 Å². The summed E-state index contributed by atoms with van der Waals surface area (Å²) in [6.45, 7) is 3.66. The van der Waals surface area contributed by atoms with Crippen molar-refractivity contribution in [3.8, 4) is 0 Å². The molecular weight excluding hydrogens is 511 g/mol. The summed E-state index contributed by atoms with van der Waals surface area (Å²) < 4.78 is 40.0. The first kappa shape index (κ1) is 23.8. The van der Waals surface area contributed by atoms with E-state index in [4.69, 9.17) is 0 Å². The molecule has 0 bridgehead atoms. The molecule has 1 fully saturated rings. The lowest BCUT2D eigenvalue weighted by Gasteiger charge is -2.26. The molecule has 0 saturated carbocycles. The number of carbonyl (C=O) groups is 2. The second-order valence-corrected chi connectivity index (χ2v) is 8.95. The molecular formula is C26H19BrF3NO3. The molecule has 1 unspecified atom stereocenters. The number of alkyl halides is 3. The standard InChI is InChI=1S/C26H19BrF3NO3/c1-14-4-3-5-16(12-14)22-21(23(32)17-6-11-20(27)15(2)13-17)24(33)25(34)31(22)19-9-7-18(8-10-19)26(28,29)30/h3-13,22,32H,1-2H3/b23-21-. The molecule has 8 heteroatoms. The third-order valence-corrected chi connectivity index (χ3v) is 6.60. The molecule has 1 atom stereocenters. The van der Waals surface area contributed by atoms with Crippen molar-refractivity contribution in [1.29, 1.82) is 0 Å². The molecule has 1 amide bonds. The van der Waals surface area contributed by atoms with Crippen molar-refractivity contribution in [3.63, 3.8) is 0 Å². The summed E-state index contributed by atoms with van der Waals surface area (Å²) in [5.41, 5.74) is 1.69. The number of carbonyl (C=O) groups excluding carboxylic acids is 2. The average Bonchev–Trinajstić information content (AvgIpc) is 3.05. The molecule has 3 aromatic carbocycles. The van der Waals surface area contributed by atoms with Gasteiger partial charge in [-0.3, -0.25) is 14.5 Å². The summed E-state index contributed by atoms with van der Waals surface area (Å²) in [5.74, 6) is -2.19. The molecule has 4 rings (SSSR count). The summed E-state index contributed by atoms with van der Waals surface area (Å²) in [4.78, 5) is 27.4. The summed E-state index contributed by atoms with van der Waals surface area (Å²) in [5, 5.41) is 11.2. The van der Waals surface area contributed by atoms with Crippen LogP contribution in [0.5, 0.6) is 0 Å². The van der Waals surface area contributed by atoms with E-state index in [1.165, 1.54) is 0 Å². The van der Waals surface area contributed by atoms with Crippen molar-refractivity contribution in [2.45, 2.75) is 26.1 Å². The number of aliphatic hydroxyl groups excluding tert-OH is 1. The molecule has 0 aromatic heterocycles. The number of amides is 1. The normalized spacial score (nSPS) is 17.9. The minimum Gasteiger partial charge on any atom is -0.507 e. The number of anilines is 1. The number of rotatable bonds is 3. The fourth-order valence-corrected chi connectivity index (χ4v) is 4.26. The molecule has 0 radical (unpaired) electrons. The molecule has 4 nitrogen and oxygen atoms in total. The van der Waals surface area contributed by atoms with E-state index in [9.17, 15) is 27.9 Å². The zero-order chi connectivity index (χ0) is 24.8. The zero-order valence-corrected chi connectivity index (χ0v) is 19.7. The summed E-state index contributed by atoms with van der Waals surface area (Å²) in [6, 6.07) is 15.1. The maximum Gasteiger partial charge on any atom is 0.416 e. The minimum atomic E-state index is -4.54. The predicted octanol–water partition coefficient (Wildman–Crippen LogP) is 6.71. The highest BCUT2D eigenvalue weighted by Gasteiger charge is 2.47. The first-order chi connectivity index (χ1) is 16.0. The van der Waals surface area contributed by atoms with Crippen LogP contribution in [-0.2, 0) is 15.8 Å². The maximum absolute atomic E-state index is 13.2. The van der Waals surface area contributed by atoms with Crippen molar-refractivity contribution in [2.24, 2.45) is 0 Å². The average molecular weight is 530 g/mol. The Bertz CT molecular complexity index is 1330. The van der Waals surface area contributed by atoms with Gasteiger partial charge in [-0.2, -0.15) is 13.2 Å². The largest absolute Gasteiger partial charge is 0.507 e. The van der Waals surface area contributed by atoms with Crippen molar-refractivity contribution in [1.82, 2.24) is 0 Å². The molecule has 1 aliphatic rings. The van der Waals surface area contributed by atoms with Gasteiger partial charge in [0.15, 0.2) is 0 Å². The van der Waals surface area contributed by atoms with Gasteiger partial charge in [0.1, 0.15) is 5.76 Å². The lowest BCUT2D eigenvalue weighted by molar-refractivity contribution is -0.137. The highest BCUT2D eigenvalue weighted by atomic mass is 79.9. The summed E-state index contributed by atoms with van der Waals surface area (Å²) in [7, 11) is 0. The van der Waals surface area contributed by atoms with Crippen LogP contribution >= 0.6 is 15.9 Å². The molecule has 0 spiro atoms. The van der Waals surface area contributed by atoms with Crippen molar-refractivity contribution < 1.29 is 27.9 Å². The number of nitrogens with zero attached hydrogens (tertiary/aromatic N) is 1. The van der Waals surface area contributed by atoms with Gasteiger partial charge in [-0.05, 0) is 61.4 Å². The molecule has 1 saturated heterocycles. The Kier molecular flexibility index (Phi) is 6.12. The Morgan fingerprint density at radius 3 is 2.24 bits per heavy atom. The lowest BCUT2D eigenvalue weighted by atomic mass is 9.94. The van der Waals surface area contributed by atoms with Gasteiger partial charge >= 0.3 is 6.18 Å². The van der Waals surface area contributed by atoms with Crippen molar-refractivity contribution in [2.75, 3.05) is 4.90 Å². The van der Waals surface area contributed by atoms with Crippen LogP contribution in [0.1, 0.15) is 33.9 Å². The van der Waals surface area contributed by atoms with Gasteiger partial charge in [-0.15, -0.1) is 0 Å². The number of benzene rings is 3. The fourth-order valence-electron chi connectivity index (χ4n) is 4.01. The lowest BCUT2D eigenvalue weighted by Crippen LogP contribution is -2.29. The highest BCUT2D eigenvalue weighted by Crippen LogP contribution is 2.43. The first-order valence-corrected chi connectivity index (χ1v) is 11.1. The minimum absolute atomic E-state index is 0.118. The van der Waals surface area contributed by atoms with E-state index in [0.717, 1.165) is 44.8 Å². The number of ketones is 1. The van der Waals surface area contributed by atoms with Crippen molar-refractivity contribution >= 4 is 39.1 Å². The number of aryl methyl sites for hydroxylation is 2. The number of hydrogen-bond acceptors (Lipinski definition) is 3. The van der Waals surface area contributed by atoms with Gasteiger partial charge in [-0.1, -0.05) is 51.8 Å². The summed E-state index contributed by atoms with van der Waals surface area (Å²) >= 11 is 3.39. The second-order valence-electron chi connectivity index (χ2n) is 8.09. The van der Waals surface area contributed by atoms with E-state index < -0.39 is 29.5 Å². The predicted molar refractivity (Wildman–Crippen MR) is 126 cm³/mol. The van der Waals surface area contributed by atoms with E-state index in [-0.39, 0.29) is 17.0 Å². The van der Waals surface area contributed by atoms with Gasteiger partial charge < -0.3 is 5.11 Å². The Labute approximate surface area is 202 Å². The second kappa shape index (κ2) is 8.76. The van der Waals surface area contributed by atoms with Crippen LogP contribution in [0.3, 0.4) is 0 Å². The molecule has 3 aromatic rings. The topological polar surface area (TPSA) is 57.6 Å². The molecule has 1 N–H and O–H groups in total. The van der Waals surface area contributed by atoms with Crippen LogP contribution in [0.25, 0.3) is 5.76 Å². The van der Waals surface area contributed by atoms with E-state index in [0.29, 0.717) is 11.1 Å². The van der Waals surface area contributed by atoms with Crippen LogP contribution in [0.2, 0.25) is 0 Å². The number of hydrogen-bond donors (Lipinski definition) is 1. The third-order valence-electron chi connectivity index (χ3n) is 5.71. The zero-order valence-electron chi connectivity index (χ0n) is 18.2. The van der Waals surface area contributed by atoms with Gasteiger partial charge in [0.05, 0.1) is 17.2 Å². The van der Waals surface area contributed by atoms with E-state index in [2.05, 4.69) is 15.9 Å². The Morgan fingerprint density at radius 1 is 0.971 bits per heavy atom. The Hall–Kier alpha value is -3.39. The molecule has 0 aliphatic carbocycles. The van der Waals surface area contributed by atoms with Crippen LogP contribution in [0.15, 0.2) is 76.8 Å². The number of Topliss-reactive ketones (excluding diaryl/α,β-unsaturated/α-hetero) is 1. The van der Waals surface area contributed by atoms with Gasteiger partial charge in [-0.25, -0.2) is 0 Å². The van der Waals surface area contributed by atoms with Crippen LogP contribution < -0.4 is 4.90 Å². The smallest absolute Gasteiger partial charge is 0.416 e. The van der Waals surface area contributed by atoms with Crippen LogP contribution in [-0.4, -0.2) is 16.8 Å². The molecule has 1 heterocycles. The Balaban J connectivity index is 1.92. The molecule has 34 heavy (non-hydrogen) atoms. The van der Waals surface area contributed by atoms with Gasteiger partial charge in [0.25, 0.3) is 11.7 Å². The number of aliphatic hydroxyl groups is 1. The van der Waals surface area contributed by atoms with Crippen LogP contribution in [0.4, 0.5) is 18.9 Å². The molecule has 1 aliphatic heterocycles. The fraction of sp³-hybridized carbons (Fsp3) is 0.154. The quantitative estimate of drug-likeness (QED) is 0.233. The Morgan fingerprint density at radius 2 is 1.65 bits per heavy atom.